The lowest BCUT2D eigenvalue weighted by molar-refractivity contribution is -0.137. The Balaban J connectivity index is 1.69. The summed E-state index contributed by atoms with van der Waals surface area (Å²) in [4.78, 5) is 24.8. The summed E-state index contributed by atoms with van der Waals surface area (Å²) >= 11 is 0. The van der Waals surface area contributed by atoms with Crippen LogP contribution in [-0.4, -0.2) is 39.6 Å². The smallest absolute Gasteiger partial charge is 0.362 e. The molecule has 10 heteroatoms. The molecule has 1 aromatic carbocycles. The summed E-state index contributed by atoms with van der Waals surface area (Å²) in [6.07, 6.45) is -3.90. The van der Waals surface area contributed by atoms with Crippen LogP contribution in [0.5, 0.6) is 0 Å². The van der Waals surface area contributed by atoms with Gasteiger partial charge in [0, 0.05) is 49.9 Å². The number of alkyl halides is 3. The van der Waals surface area contributed by atoms with Crippen molar-refractivity contribution in [1.82, 2.24) is 14.5 Å². The third kappa shape index (κ3) is 4.55. The molecule has 6 nitrogen and oxygen atoms in total. The molecule has 3 atom stereocenters. The van der Waals surface area contributed by atoms with E-state index in [1.807, 2.05) is 13.8 Å². The van der Waals surface area contributed by atoms with Gasteiger partial charge in [-0.25, -0.2) is 4.39 Å². The van der Waals surface area contributed by atoms with Crippen LogP contribution in [0.25, 0.3) is 15.9 Å². The number of nitrogens with zero attached hydrogens (tertiary/aromatic N) is 5. The number of pyridine rings is 2. The number of hydrogen-bond donors (Lipinski definition) is 0. The zero-order valence-electron chi connectivity index (χ0n) is 20.5. The maximum Gasteiger partial charge on any atom is 0.416 e. The number of halogens is 4. The van der Waals surface area contributed by atoms with E-state index in [1.165, 1.54) is 16.7 Å². The minimum atomic E-state index is -4.61. The third-order valence-corrected chi connectivity index (χ3v) is 7.11. The van der Waals surface area contributed by atoms with Crippen LogP contribution >= 0.6 is 0 Å². The second-order valence-corrected chi connectivity index (χ2v) is 9.25. The van der Waals surface area contributed by atoms with Gasteiger partial charge in [0.25, 0.3) is 11.4 Å². The van der Waals surface area contributed by atoms with Crippen molar-refractivity contribution in [1.29, 1.82) is 0 Å². The zero-order chi connectivity index (χ0) is 26.4. The molecule has 0 radical (unpaired) electrons. The molecular weight excluding hydrogens is 474 g/mol. The van der Waals surface area contributed by atoms with Gasteiger partial charge in [0.05, 0.1) is 16.8 Å². The van der Waals surface area contributed by atoms with Crippen molar-refractivity contribution >= 4 is 22.5 Å². The molecule has 1 aliphatic rings. The minimum absolute atomic E-state index is 0.0546. The summed E-state index contributed by atoms with van der Waals surface area (Å²) in [7, 11) is 1.66. The SMILES string of the molecule is [C-]#[N+]c1ccc2c(n1)c(N1C[C@@H](CC)N(C(C)c3ccc(C(F)(F)F)cc3F)C[C@@H]1C)cc(=O)n2C. The first-order valence-electron chi connectivity index (χ1n) is 11.7. The molecule has 0 amide bonds. The van der Waals surface area contributed by atoms with E-state index in [9.17, 15) is 22.4 Å². The Labute approximate surface area is 206 Å². The predicted octanol–water partition coefficient (Wildman–Crippen LogP) is 5.69. The van der Waals surface area contributed by atoms with Crippen LogP contribution in [0.4, 0.5) is 29.1 Å². The van der Waals surface area contributed by atoms with Crippen LogP contribution in [0.1, 0.15) is 44.4 Å². The molecule has 4 rings (SSSR count). The normalized spacial score (nSPS) is 19.9. The highest BCUT2D eigenvalue weighted by molar-refractivity contribution is 5.89. The average molecular weight is 502 g/mol. The number of anilines is 1. The zero-order valence-corrected chi connectivity index (χ0v) is 20.5. The maximum atomic E-state index is 14.8. The number of benzene rings is 1. The molecular formula is C26H27F4N5O. The van der Waals surface area contributed by atoms with Gasteiger partial charge in [-0.2, -0.15) is 13.2 Å². The molecule has 1 aliphatic heterocycles. The number of piperazine rings is 1. The number of fused-ring (bicyclic) bond motifs is 1. The van der Waals surface area contributed by atoms with Crippen molar-refractivity contribution in [2.45, 2.75) is 51.5 Å². The van der Waals surface area contributed by atoms with Gasteiger partial charge in [-0.05, 0) is 44.5 Å². The van der Waals surface area contributed by atoms with Crippen molar-refractivity contribution in [3.63, 3.8) is 0 Å². The van der Waals surface area contributed by atoms with Gasteiger partial charge < -0.3 is 14.3 Å². The lowest BCUT2D eigenvalue weighted by Gasteiger charge is -2.48. The Morgan fingerprint density at radius 3 is 2.53 bits per heavy atom. The lowest BCUT2D eigenvalue weighted by Crippen LogP contribution is -2.58. The highest BCUT2D eigenvalue weighted by atomic mass is 19.4. The van der Waals surface area contributed by atoms with Crippen molar-refractivity contribution in [3.8, 4) is 0 Å². The minimum Gasteiger partial charge on any atom is -0.362 e. The fourth-order valence-electron chi connectivity index (χ4n) is 5.04. The predicted molar refractivity (Wildman–Crippen MR) is 131 cm³/mol. The number of hydrogen-bond acceptors (Lipinski definition) is 4. The molecule has 3 aromatic rings. The Morgan fingerprint density at radius 1 is 1.19 bits per heavy atom. The lowest BCUT2D eigenvalue weighted by atomic mass is 9.97. The molecule has 0 N–H and O–H groups in total. The Hall–Kier alpha value is -3.45. The number of rotatable bonds is 4. The molecule has 0 bridgehead atoms. The quantitative estimate of drug-likeness (QED) is 0.340. The summed E-state index contributed by atoms with van der Waals surface area (Å²) in [6, 6.07) is 6.90. The number of aryl methyl sites for hydroxylation is 1. The third-order valence-electron chi connectivity index (χ3n) is 7.11. The maximum absolute atomic E-state index is 14.8. The first-order chi connectivity index (χ1) is 17.0. The van der Waals surface area contributed by atoms with Gasteiger partial charge in [-0.3, -0.25) is 9.69 Å². The standard InChI is InChI=1S/C26H27F4N5O/c1-6-18-14-34(22-12-24(36)33(5)21-9-10-23(31-4)32-25(21)22)15(2)13-35(18)16(3)19-8-7-17(11-20(19)27)26(28,29)30/h7-12,15-16,18H,6,13-14H2,1-3,5H3/t15-,16?,18+/m0/s1. The summed E-state index contributed by atoms with van der Waals surface area (Å²) in [5, 5.41) is 0. The van der Waals surface area contributed by atoms with E-state index < -0.39 is 23.6 Å². The van der Waals surface area contributed by atoms with E-state index in [0.29, 0.717) is 42.3 Å². The number of aromatic nitrogens is 2. The van der Waals surface area contributed by atoms with Crippen LogP contribution < -0.4 is 10.5 Å². The molecule has 36 heavy (non-hydrogen) atoms. The fraction of sp³-hybridized carbons (Fsp3) is 0.423. The molecule has 0 saturated carbocycles. The summed E-state index contributed by atoms with van der Waals surface area (Å²) in [5.74, 6) is -0.650. The molecule has 0 spiro atoms. The van der Waals surface area contributed by atoms with Crippen molar-refractivity contribution in [2.75, 3.05) is 18.0 Å². The van der Waals surface area contributed by atoms with E-state index in [-0.39, 0.29) is 29.0 Å². The van der Waals surface area contributed by atoms with Gasteiger partial charge in [-0.1, -0.05) is 19.6 Å². The topological polar surface area (TPSA) is 45.7 Å². The Morgan fingerprint density at radius 2 is 1.92 bits per heavy atom. The highest BCUT2D eigenvalue weighted by Gasteiger charge is 2.37. The van der Waals surface area contributed by atoms with Gasteiger partial charge in [0.15, 0.2) is 0 Å². The summed E-state index contributed by atoms with van der Waals surface area (Å²) in [5.41, 5.74) is 0.820. The second kappa shape index (κ2) is 9.54. The van der Waals surface area contributed by atoms with Gasteiger partial charge in [0.1, 0.15) is 5.82 Å². The van der Waals surface area contributed by atoms with E-state index >= 15 is 0 Å². The molecule has 0 aliphatic carbocycles. The molecule has 190 valence electrons. The van der Waals surface area contributed by atoms with Gasteiger partial charge in [0.2, 0.25) is 5.52 Å². The van der Waals surface area contributed by atoms with Crippen molar-refractivity contribution < 1.29 is 17.6 Å². The van der Waals surface area contributed by atoms with Crippen molar-refractivity contribution in [2.24, 2.45) is 7.05 Å². The molecule has 1 saturated heterocycles. The van der Waals surface area contributed by atoms with Gasteiger partial charge in [-0.15, -0.1) is 4.98 Å². The van der Waals surface area contributed by atoms with E-state index in [2.05, 4.69) is 19.6 Å². The van der Waals surface area contributed by atoms with Crippen LogP contribution in [0.15, 0.2) is 41.2 Å². The second-order valence-electron chi connectivity index (χ2n) is 9.25. The molecule has 1 fully saturated rings. The summed E-state index contributed by atoms with van der Waals surface area (Å²) in [6.45, 7) is 14.1. The first kappa shape index (κ1) is 25.6. The fourth-order valence-corrected chi connectivity index (χ4v) is 5.04. The van der Waals surface area contributed by atoms with Crippen LogP contribution in [0, 0.1) is 12.4 Å². The average Bonchev–Trinajstić information content (AvgIpc) is 2.84. The first-order valence-corrected chi connectivity index (χ1v) is 11.7. The molecule has 3 heterocycles. The van der Waals surface area contributed by atoms with Crippen LogP contribution in [0.2, 0.25) is 0 Å². The Kier molecular flexibility index (Phi) is 6.80. The largest absolute Gasteiger partial charge is 0.416 e. The monoisotopic (exact) mass is 501 g/mol. The molecule has 2 aromatic heterocycles. The van der Waals surface area contributed by atoms with Gasteiger partial charge >= 0.3 is 6.18 Å². The van der Waals surface area contributed by atoms with Crippen LogP contribution in [-0.2, 0) is 13.2 Å². The Bertz CT molecular complexity index is 1390. The van der Waals surface area contributed by atoms with E-state index in [0.717, 1.165) is 6.07 Å². The highest BCUT2D eigenvalue weighted by Crippen LogP contribution is 2.36. The van der Waals surface area contributed by atoms with E-state index in [1.54, 1.807) is 26.1 Å². The van der Waals surface area contributed by atoms with Crippen molar-refractivity contribution in [3.05, 3.63) is 75.1 Å². The molecule has 1 unspecified atom stereocenters. The van der Waals surface area contributed by atoms with E-state index in [4.69, 9.17) is 6.57 Å². The van der Waals surface area contributed by atoms with Crippen LogP contribution in [0.3, 0.4) is 0 Å². The summed E-state index contributed by atoms with van der Waals surface area (Å²) < 4.78 is 55.3.